The first-order chi connectivity index (χ1) is 9.66. The highest BCUT2D eigenvalue weighted by Crippen LogP contribution is 2.16. The minimum atomic E-state index is -3.38. The molecule has 0 saturated carbocycles. The molecule has 0 fully saturated rings. The topological polar surface area (TPSA) is 80.3 Å². The second kappa shape index (κ2) is 7.38. The van der Waals surface area contributed by atoms with Crippen LogP contribution in [0.2, 0.25) is 0 Å². The van der Waals surface area contributed by atoms with Crippen LogP contribution in [-0.4, -0.2) is 41.4 Å². The molecule has 21 heavy (non-hydrogen) atoms. The van der Waals surface area contributed by atoms with Crippen molar-refractivity contribution in [2.45, 2.75) is 42.5 Å². The van der Waals surface area contributed by atoms with Gasteiger partial charge in [-0.25, -0.2) is 16.8 Å². The average molecular weight is 333 g/mol. The Morgan fingerprint density at radius 1 is 1.05 bits per heavy atom. The van der Waals surface area contributed by atoms with Crippen molar-refractivity contribution < 1.29 is 16.8 Å². The van der Waals surface area contributed by atoms with E-state index in [4.69, 9.17) is 0 Å². The van der Waals surface area contributed by atoms with Crippen LogP contribution in [0.1, 0.15) is 26.7 Å². The van der Waals surface area contributed by atoms with Crippen molar-refractivity contribution in [2.75, 3.05) is 18.6 Å². The first-order valence-electron chi connectivity index (χ1n) is 6.93. The lowest BCUT2D eigenvalue weighted by Crippen LogP contribution is -2.28. The third-order valence-corrected chi connectivity index (χ3v) is 6.07. The van der Waals surface area contributed by atoms with Crippen LogP contribution in [0.25, 0.3) is 0 Å². The SMILES string of the molecule is CCCNC(C)CCS(=O)(=O)c1ccc(S(C)(=O)=O)cc1. The summed E-state index contributed by atoms with van der Waals surface area (Å²) in [6.45, 7) is 4.88. The molecule has 1 aromatic rings. The minimum absolute atomic E-state index is 0.0447. The summed E-state index contributed by atoms with van der Waals surface area (Å²) in [4.78, 5) is 0.289. The van der Waals surface area contributed by atoms with Gasteiger partial charge < -0.3 is 5.32 Å². The van der Waals surface area contributed by atoms with Gasteiger partial charge in [0.1, 0.15) is 0 Å². The molecule has 7 heteroatoms. The number of sulfone groups is 2. The molecule has 0 aromatic heterocycles. The molecule has 0 bridgehead atoms. The highest BCUT2D eigenvalue weighted by Gasteiger charge is 2.17. The van der Waals surface area contributed by atoms with Gasteiger partial charge >= 0.3 is 0 Å². The van der Waals surface area contributed by atoms with E-state index >= 15 is 0 Å². The summed E-state index contributed by atoms with van der Waals surface area (Å²) in [5.74, 6) is 0.0447. The number of hydrogen-bond donors (Lipinski definition) is 1. The molecule has 0 heterocycles. The molecule has 0 spiro atoms. The van der Waals surface area contributed by atoms with Gasteiger partial charge in [-0.05, 0) is 50.6 Å². The lowest BCUT2D eigenvalue weighted by Gasteiger charge is -2.13. The van der Waals surface area contributed by atoms with Crippen LogP contribution in [0.5, 0.6) is 0 Å². The van der Waals surface area contributed by atoms with Crippen LogP contribution in [0, 0.1) is 0 Å². The Bertz CT molecular complexity index is 649. The number of rotatable bonds is 8. The normalized spacial score (nSPS) is 14.0. The van der Waals surface area contributed by atoms with Crippen LogP contribution in [-0.2, 0) is 19.7 Å². The van der Waals surface area contributed by atoms with E-state index in [2.05, 4.69) is 12.2 Å². The molecule has 0 aliphatic rings. The van der Waals surface area contributed by atoms with Gasteiger partial charge in [-0.15, -0.1) is 0 Å². The zero-order valence-electron chi connectivity index (χ0n) is 12.7. The molecular formula is C14H23NO4S2. The van der Waals surface area contributed by atoms with Gasteiger partial charge in [0.15, 0.2) is 19.7 Å². The minimum Gasteiger partial charge on any atom is -0.314 e. The number of nitrogens with one attached hydrogen (secondary N) is 1. The Morgan fingerprint density at radius 2 is 1.57 bits per heavy atom. The Hall–Kier alpha value is -0.920. The maximum atomic E-state index is 12.2. The lowest BCUT2D eigenvalue weighted by atomic mass is 10.2. The van der Waals surface area contributed by atoms with Gasteiger partial charge in [0, 0.05) is 12.3 Å². The van der Waals surface area contributed by atoms with Crippen molar-refractivity contribution in [2.24, 2.45) is 0 Å². The number of benzene rings is 1. The third-order valence-electron chi connectivity index (χ3n) is 3.17. The summed E-state index contributed by atoms with van der Waals surface area (Å²) < 4.78 is 47.1. The standard InChI is InChI=1S/C14H23NO4S2/c1-4-10-15-12(2)9-11-21(18,19)14-7-5-13(6-8-14)20(3,16)17/h5-8,12,15H,4,9-11H2,1-3H3. The molecule has 1 atom stereocenters. The molecule has 1 rings (SSSR count). The summed E-state index contributed by atoms with van der Waals surface area (Å²) in [6, 6.07) is 5.52. The van der Waals surface area contributed by atoms with E-state index in [-0.39, 0.29) is 21.6 Å². The summed E-state index contributed by atoms with van der Waals surface area (Å²) in [6.07, 6.45) is 2.62. The fourth-order valence-electron chi connectivity index (χ4n) is 1.84. The van der Waals surface area contributed by atoms with E-state index in [1.807, 2.05) is 6.92 Å². The van der Waals surface area contributed by atoms with E-state index < -0.39 is 19.7 Å². The largest absolute Gasteiger partial charge is 0.314 e. The van der Waals surface area contributed by atoms with Gasteiger partial charge in [0.25, 0.3) is 0 Å². The van der Waals surface area contributed by atoms with Crippen LogP contribution in [0.3, 0.4) is 0 Å². The van der Waals surface area contributed by atoms with E-state index in [0.29, 0.717) is 6.42 Å². The predicted molar refractivity (Wildman–Crippen MR) is 84.0 cm³/mol. The summed E-state index contributed by atoms with van der Waals surface area (Å²) in [5, 5.41) is 3.24. The molecule has 1 unspecified atom stereocenters. The molecule has 0 aliphatic carbocycles. The Balaban J connectivity index is 2.75. The average Bonchev–Trinajstić information content (AvgIpc) is 2.42. The van der Waals surface area contributed by atoms with Gasteiger partial charge in [0.2, 0.25) is 0 Å². The zero-order valence-corrected chi connectivity index (χ0v) is 14.3. The van der Waals surface area contributed by atoms with Crippen LogP contribution in [0.4, 0.5) is 0 Å². The fraction of sp³-hybridized carbons (Fsp3) is 0.571. The molecule has 0 saturated heterocycles. The van der Waals surface area contributed by atoms with E-state index in [1.54, 1.807) is 0 Å². The van der Waals surface area contributed by atoms with E-state index in [1.165, 1.54) is 24.3 Å². The summed E-state index contributed by atoms with van der Waals surface area (Å²) in [5.41, 5.74) is 0. The Kier molecular flexibility index (Phi) is 6.37. The first-order valence-corrected chi connectivity index (χ1v) is 10.5. The van der Waals surface area contributed by atoms with Crippen molar-refractivity contribution >= 4 is 19.7 Å². The van der Waals surface area contributed by atoms with Crippen molar-refractivity contribution in [1.82, 2.24) is 5.32 Å². The van der Waals surface area contributed by atoms with E-state index in [9.17, 15) is 16.8 Å². The monoisotopic (exact) mass is 333 g/mol. The zero-order chi connectivity index (χ0) is 16.1. The Labute approximate surface area is 127 Å². The van der Waals surface area contributed by atoms with Crippen LogP contribution in [0.15, 0.2) is 34.1 Å². The fourth-order valence-corrected chi connectivity index (χ4v) is 3.92. The van der Waals surface area contributed by atoms with Crippen molar-refractivity contribution in [1.29, 1.82) is 0 Å². The van der Waals surface area contributed by atoms with Crippen LogP contribution < -0.4 is 5.32 Å². The van der Waals surface area contributed by atoms with Crippen molar-refractivity contribution in [3.63, 3.8) is 0 Å². The van der Waals surface area contributed by atoms with Gasteiger partial charge in [-0.3, -0.25) is 0 Å². The van der Waals surface area contributed by atoms with Gasteiger partial charge in [0.05, 0.1) is 15.5 Å². The molecular weight excluding hydrogens is 310 g/mol. The maximum Gasteiger partial charge on any atom is 0.178 e. The van der Waals surface area contributed by atoms with Crippen molar-refractivity contribution in [3.8, 4) is 0 Å². The second-order valence-electron chi connectivity index (χ2n) is 5.21. The molecule has 0 amide bonds. The smallest absolute Gasteiger partial charge is 0.178 e. The third kappa shape index (κ3) is 5.76. The maximum absolute atomic E-state index is 12.2. The second-order valence-corrected chi connectivity index (χ2v) is 9.33. The predicted octanol–water partition coefficient (Wildman–Crippen LogP) is 1.64. The quantitative estimate of drug-likeness (QED) is 0.782. The molecule has 1 N–H and O–H groups in total. The molecule has 120 valence electrons. The molecule has 5 nitrogen and oxygen atoms in total. The highest BCUT2D eigenvalue weighted by atomic mass is 32.2. The summed E-state index contributed by atoms with van der Waals surface area (Å²) in [7, 11) is -6.68. The highest BCUT2D eigenvalue weighted by molar-refractivity contribution is 7.91. The van der Waals surface area contributed by atoms with Gasteiger partial charge in [-0.2, -0.15) is 0 Å². The van der Waals surface area contributed by atoms with E-state index in [0.717, 1.165) is 19.2 Å². The molecule has 0 aliphatic heterocycles. The number of hydrogen-bond acceptors (Lipinski definition) is 5. The van der Waals surface area contributed by atoms with Crippen molar-refractivity contribution in [3.05, 3.63) is 24.3 Å². The first kappa shape index (κ1) is 18.1. The molecule has 0 radical (unpaired) electrons. The molecule has 1 aromatic carbocycles. The lowest BCUT2D eigenvalue weighted by molar-refractivity contribution is 0.525. The summed E-state index contributed by atoms with van der Waals surface area (Å²) >= 11 is 0. The Morgan fingerprint density at radius 3 is 2.05 bits per heavy atom. The van der Waals surface area contributed by atoms with Gasteiger partial charge in [-0.1, -0.05) is 6.92 Å². The van der Waals surface area contributed by atoms with Crippen LogP contribution >= 0.6 is 0 Å².